The molecule has 2 aromatic carbocycles. The van der Waals surface area contributed by atoms with Gasteiger partial charge in [0.15, 0.2) is 0 Å². The number of allylic oxidation sites excluding steroid dienone is 1. The molecule has 0 saturated heterocycles. The summed E-state index contributed by atoms with van der Waals surface area (Å²) in [6.45, 7) is 4.57. The average molecular weight is 208 g/mol. The van der Waals surface area contributed by atoms with Gasteiger partial charge in [-0.15, -0.1) is 6.58 Å². The summed E-state index contributed by atoms with van der Waals surface area (Å²) >= 11 is 0. The Morgan fingerprint density at radius 2 is 2.06 bits per heavy atom. The van der Waals surface area contributed by atoms with Gasteiger partial charge >= 0.3 is 0 Å². The Balaban J connectivity index is 2.46. The van der Waals surface area contributed by atoms with E-state index in [0.29, 0.717) is 0 Å². The second-order valence-corrected chi connectivity index (χ2v) is 3.84. The van der Waals surface area contributed by atoms with E-state index in [1.54, 1.807) is 0 Å². The van der Waals surface area contributed by atoms with Crippen LogP contribution in [0.2, 0.25) is 0 Å². The van der Waals surface area contributed by atoms with Gasteiger partial charge in [-0.3, -0.25) is 0 Å². The Bertz CT molecular complexity index is 665. The number of hydrogen-bond acceptors (Lipinski definition) is 1. The zero-order valence-corrected chi connectivity index (χ0v) is 8.93. The summed E-state index contributed by atoms with van der Waals surface area (Å²) in [7, 11) is 0. The number of benzene rings is 2. The lowest BCUT2D eigenvalue weighted by Crippen LogP contribution is -1.92. The predicted molar refractivity (Wildman–Crippen MR) is 67.4 cm³/mol. The fraction of sp³-hybridized carbons (Fsp3) is 0.0714. The molecule has 0 atom stereocenters. The molecule has 16 heavy (non-hydrogen) atoms. The molecule has 1 heterocycles. The predicted octanol–water partition coefficient (Wildman–Crippen LogP) is 3.38. The molecule has 3 rings (SSSR count). The second kappa shape index (κ2) is 3.49. The maximum absolute atomic E-state index is 4.40. The van der Waals surface area contributed by atoms with Crippen molar-refractivity contribution < 1.29 is 0 Å². The highest BCUT2D eigenvalue weighted by Crippen LogP contribution is 2.24. The standard InChI is InChI=1S/C14H12N2/c1-2-9-16-10-15-13-8-7-11-5-3-4-6-12(11)14(13)16/h2-8,10H,1,9H2. The van der Waals surface area contributed by atoms with Gasteiger partial charge in [0.2, 0.25) is 0 Å². The third kappa shape index (κ3) is 1.23. The number of imidazole rings is 1. The quantitative estimate of drug-likeness (QED) is 0.590. The molecule has 0 N–H and O–H groups in total. The molecule has 0 aliphatic carbocycles. The highest BCUT2D eigenvalue weighted by Gasteiger charge is 2.05. The number of aromatic nitrogens is 2. The summed E-state index contributed by atoms with van der Waals surface area (Å²) < 4.78 is 2.13. The summed E-state index contributed by atoms with van der Waals surface area (Å²) in [5.41, 5.74) is 2.23. The Kier molecular flexibility index (Phi) is 2.00. The first kappa shape index (κ1) is 9.16. The number of rotatable bonds is 2. The topological polar surface area (TPSA) is 17.8 Å². The van der Waals surface area contributed by atoms with Crippen LogP contribution in [-0.2, 0) is 6.54 Å². The molecule has 2 heteroatoms. The lowest BCUT2D eigenvalue weighted by molar-refractivity contribution is 0.854. The largest absolute Gasteiger partial charge is 0.326 e. The van der Waals surface area contributed by atoms with Crippen LogP contribution in [0, 0.1) is 0 Å². The van der Waals surface area contributed by atoms with Crippen LogP contribution >= 0.6 is 0 Å². The van der Waals surface area contributed by atoms with Gasteiger partial charge in [-0.1, -0.05) is 36.4 Å². The van der Waals surface area contributed by atoms with Crippen molar-refractivity contribution in [2.75, 3.05) is 0 Å². The third-order valence-corrected chi connectivity index (χ3v) is 2.83. The smallest absolute Gasteiger partial charge is 0.0961 e. The van der Waals surface area contributed by atoms with Gasteiger partial charge in [-0.25, -0.2) is 4.98 Å². The number of hydrogen-bond donors (Lipinski definition) is 0. The van der Waals surface area contributed by atoms with Crippen LogP contribution < -0.4 is 0 Å². The van der Waals surface area contributed by atoms with Crippen molar-refractivity contribution in [3.63, 3.8) is 0 Å². The van der Waals surface area contributed by atoms with Gasteiger partial charge < -0.3 is 4.57 Å². The van der Waals surface area contributed by atoms with Gasteiger partial charge in [-0.05, 0) is 11.5 Å². The Hall–Kier alpha value is -2.09. The van der Waals surface area contributed by atoms with E-state index in [2.05, 4.69) is 52.5 Å². The Morgan fingerprint density at radius 1 is 1.19 bits per heavy atom. The van der Waals surface area contributed by atoms with Crippen molar-refractivity contribution in [3.8, 4) is 0 Å². The Morgan fingerprint density at radius 3 is 2.94 bits per heavy atom. The minimum Gasteiger partial charge on any atom is -0.326 e. The molecule has 2 nitrogen and oxygen atoms in total. The first-order valence-electron chi connectivity index (χ1n) is 5.33. The minimum atomic E-state index is 0.796. The molecule has 0 radical (unpaired) electrons. The van der Waals surface area contributed by atoms with Crippen LogP contribution in [0.5, 0.6) is 0 Å². The van der Waals surface area contributed by atoms with Crippen LogP contribution in [0.1, 0.15) is 0 Å². The van der Waals surface area contributed by atoms with Gasteiger partial charge in [0.1, 0.15) is 0 Å². The average Bonchev–Trinajstić information content (AvgIpc) is 2.73. The fourth-order valence-corrected chi connectivity index (χ4v) is 2.12. The van der Waals surface area contributed by atoms with E-state index in [9.17, 15) is 0 Å². The zero-order chi connectivity index (χ0) is 11.0. The maximum Gasteiger partial charge on any atom is 0.0961 e. The molecule has 1 aromatic heterocycles. The summed E-state index contributed by atoms with van der Waals surface area (Å²) in [5, 5.41) is 2.50. The van der Waals surface area contributed by atoms with E-state index in [-0.39, 0.29) is 0 Å². The van der Waals surface area contributed by atoms with Crippen LogP contribution in [0.15, 0.2) is 55.4 Å². The third-order valence-electron chi connectivity index (χ3n) is 2.83. The molecule has 0 aliphatic heterocycles. The molecule has 0 spiro atoms. The van der Waals surface area contributed by atoms with Crippen LogP contribution in [0.3, 0.4) is 0 Å². The lowest BCUT2D eigenvalue weighted by Gasteiger charge is -2.03. The summed E-state index contributed by atoms with van der Waals surface area (Å²) in [6.07, 6.45) is 3.77. The zero-order valence-electron chi connectivity index (χ0n) is 8.93. The number of fused-ring (bicyclic) bond motifs is 3. The van der Waals surface area contributed by atoms with Gasteiger partial charge in [0.25, 0.3) is 0 Å². The van der Waals surface area contributed by atoms with Crippen LogP contribution in [0.25, 0.3) is 21.8 Å². The minimum absolute atomic E-state index is 0.796. The van der Waals surface area contributed by atoms with Gasteiger partial charge in [-0.2, -0.15) is 0 Å². The van der Waals surface area contributed by atoms with E-state index in [0.717, 1.165) is 12.1 Å². The maximum atomic E-state index is 4.40. The van der Waals surface area contributed by atoms with E-state index in [4.69, 9.17) is 0 Å². The SMILES string of the molecule is C=CCn1cnc2ccc3ccccc3c21. The van der Waals surface area contributed by atoms with E-state index < -0.39 is 0 Å². The van der Waals surface area contributed by atoms with Gasteiger partial charge in [0, 0.05) is 11.9 Å². The molecule has 0 saturated carbocycles. The highest BCUT2D eigenvalue weighted by molar-refractivity contribution is 6.04. The van der Waals surface area contributed by atoms with Crippen LogP contribution in [-0.4, -0.2) is 9.55 Å². The molecular weight excluding hydrogens is 196 g/mol. The monoisotopic (exact) mass is 208 g/mol. The van der Waals surface area contributed by atoms with Crippen molar-refractivity contribution in [3.05, 3.63) is 55.4 Å². The van der Waals surface area contributed by atoms with E-state index in [1.165, 1.54) is 16.3 Å². The summed E-state index contributed by atoms with van der Waals surface area (Å²) in [4.78, 5) is 4.40. The molecule has 3 aromatic rings. The molecule has 0 bridgehead atoms. The Labute approximate surface area is 93.8 Å². The van der Waals surface area contributed by atoms with Crippen molar-refractivity contribution in [1.29, 1.82) is 0 Å². The molecule has 0 amide bonds. The molecule has 0 fully saturated rings. The normalized spacial score (nSPS) is 11.0. The molecule has 0 unspecified atom stereocenters. The van der Waals surface area contributed by atoms with Crippen LogP contribution in [0.4, 0.5) is 0 Å². The van der Waals surface area contributed by atoms with Gasteiger partial charge in [0.05, 0.1) is 17.4 Å². The second-order valence-electron chi connectivity index (χ2n) is 3.84. The lowest BCUT2D eigenvalue weighted by atomic mass is 10.1. The number of nitrogens with zero attached hydrogens (tertiary/aromatic N) is 2. The molecule has 0 aliphatic rings. The molecule has 78 valence electrons. The highest BCUT2D eigenvalue weighted by atomic mass is 15.0. The van der Waals surface area contributed by atoms with Crippen molar-refractivity contribution in [2.45, 2.75) is 6.54 Å². The van der Waals surface area contributed by atoms with E-state index in [1.807, 2.05) is 12.4 Å². The van der Waals surface area contributed by atoms with E-state index >= 15 is 0 Å². The van der Waals surface area contributed by atoms with Crippen molar-refractivity contribution >= 4 is 21.8 Å². The first-order chi connectivity index (χ1) is 7.90. The first-order valence-corrected chi connectivity index (χ1v) is 5.33. The molecular formula is C14H12N2. The van der Waals surface area contributed by atoms with Crippen molar-refractivity contribution in [1.82, 2.24) is 9.55 Å². The fourth-order valence-electron chi connectivity index (χ4n) is 2.12. The van der Waals surface area contributed by atoms with Crippen molar-refractivity contribution in [2.24, 2.45) is 0 Å². The summed E-state index contributed by atoms with van der Waals surface area (Å²) in [5.74, 6) is 0. The summed E-state index contributed by atoms with van der Waals surface area (Å²) in [6, 6.07) is 12.6.